The molecule has 0 aliphatic heterocycles. The Morgan fingerprint density at radius 3 is 2.59 bits per heavy atom. The summed E-state index contributed by atoms with van der Waals surface area (Å²) in [6.45, 7) is 4.03. The highest BCUT2D eigenvalue weighted by Crippen LogP contribution is 2.35. The van der Waals surface area contributed by atoms with Crippen LogP contribution in [0.4, 0.5) is 4.79 Å². The molecular weight excluding hydrogens is 220 g/mol. The minimum absolute atomic E-state index is 0.0952. The van der Waals surface area contributed by atoms with Crippen LogP contribution in [0.2, 0.25) is 0 Å². The molecular formula is C12H22N2O3. The van der Waals surface area contributed by atoms with Gasteiger partial charge in [0, 0.05) is 13.1 Å². The lowest BCUT2D eigenvalue weighted by molar-refractivity contribution is -0.137. The molecule has 1 atom stereocenters. The molecule has 0 spiro atoms. The zero-order chi connectivity index (χ0) is 13.1. The second-order valence-electron chi connectivity index (χ2n) is 5.49. The van der Waals surface area contributed by atoms with Crippen LogP contribution in [-0.2, 0) is 4.79 Å². The summed E-state index contributed by atoms with van der Waals surface area (Å²) in [6, 6.07) is -0.160. The van der Waals surface area contributed by atoms with E-state index in [-0.39, 0.29) is 24.0 Å². The van der Waals surface area contributed by atoms with Crippen LogP contribution < -0.4 is 5.32 Å². The largest absolute Gasteiger partial charge is 0.480 e. The predicted octanol–water partition coefficient (Wildman–Crippen LogP) is 1.68. The van der Waals surface area contributed by atoms with Gasteiger partial charge < -0.3 is 15.3 Å². The highest BCUT2D eigenvalue weighted by atomic mass is 16.4. The van der Waals surface area contributed by atoms with Crippen LogP contribution in [-0.4, -0.2) is 41.6 Å². The SMILES string of the molecule is CN(CC(=O)O)C(=O)NC1CCCCC1(C)C. The molecule has 0 aromatic carbocycles. The van der Waals surface area contributed by atoms with Crippen LogP contribution in [0, 0.1) is 5.41 Å². The molecule has 0 heterocycles. The third kappa shape index (κ3) is 3.91. The Bertz CT molecular complexity index is 302. The van der Waals surface area contributed by atoms with Gasteiger partial charge in [-0.1, -0.05) is 26.7 Å². The molecule has 2 amide bonds. The molecule has 1 aliphatic carbocycles. The lowest BCUT2D eigenvalue weighted by Gasteiger charge is -2.39. The standard InChI is InChI=1S/C12H22N2O3/c1-12(2)7-5-4-6-9(12)13-11(17)14(3)8-10(15)16/h9H,4-8H2,1-3H3,(H,13,17)(H,15,16). The molecule has 17 heavy (non-hydrogen) atoms. The van der Waals surface area contributed by atoms with E-state index in [0.29, 0.717) is 0 Å². The summed E-state index contributed by atoms with van der Waals surface area (Å²) in [5.41, 5.74) is 0.0952. The smallest absolute Gasteiger partial charge is 0.323 e. The molecule has 1 fully saturated rings. The maximum absolute atomic E-state index is 11.8. The number of likely N-dealkylation sites (N-methyl/N-ethyl adjacent to an activating group) is 1. The van der Waals surface area contributed by atoms with E-state index in [0.717, 1.165) is 19.3 Å². The van der Waals surface area contributed by atoms with Crippen LogP contribution in [0.5, 0.6) is 0 Å². The monoisotopic (exact) mass is 242 g/mol. The number of amides is 2. The number of carboxylic acids is 1. The molecule has 1 saturated carbocycles. The molecule has 2 N–H and O–H groups in total. The van der Waals surface area contributed by atoms with Gasteiger partial charge in [0.2, 0.25) is 0 Å². The van der Waals surface area contributed by atoms with Crippen molar-refractivity contribution in [1.29, 1.82) is 0 Å². The van der Waals surface area contributed by atoms with Gasteiger partial charge >= 0.3 is 12.0 Å². The van der Waals surface area contributed by atoms with Gasteiger partial charge in [-0.2, -0.15) is 0 Å². The van der Waals surface area contributed by atoms with E-state index in [9.17, 15) is 9.59 Å². The summed E-state index contributed by atoms with van der Waals surface area (Å²) < 4.78 is 0. The zero-order valence-electron chi connectivity index (χ0n) is 10.8. The van der Waals surface area contributed by atoms with Gasteiger partial charge in [0.1, 0.15) is 6.54 Å². The molecule has 98 valence electrons. The Kier molecular flexibility index (Phi) is 4.37. The lowest BCUT2D eigenvalue weighted by atomic mass is 9.73. The van der Waals surface area contributed by atoms with Crippen LogP contribution >= 0.6 is 0 Å². The number of carbonyl (C=O) groups excluding carboxylic acids is 1. The van der Waals surface area contributed by atoms with Crippen molar-refractivity contribution in [3.63, 3.8) is 0 Å². The molecule has 1 unspecified atom stereocenters. The Hall–Kier alpha value is -1.26. The van der Waals surface area contributed by atoms with Crippen LogP contribution in [0.15, 0.2) is 0 Å². The molecule has 5 heteroatoms. The molecule has 0 bridgehead atoms. The molecule has 0 aromatic heterocycles. The second-order valence-corrected chi connectivity index (χ2v) is 5.49. The summed E-state index contributed by atoms with van der Waals surface area (Å²) in [5.74, 6) is -0.995. The summed E-state index contributed by atoms with van der Waals surface area (Å²) in [4.78, 5) is 23.5. The number of hydrogen-bond acceptors (Lipinski definition) is 2. The van der Waals surface area contributed by atoms with Crippen molar-refractivity contribution < 1.29 is 14.7 Å². The number of carboxylic acid groups (broad SMARTS) is 1. The van der Waals surface area contributed by atoms with Gasteiger partial charge in [-0.25, -0.2) is 4.79 Å². The Labute approximate surface area is 102 Å². The fraction of sp³-hybridized carbons (Fsp3) is 0.833. The van der Waals surface area contributed by atoms with Gasteiger partial charge in [-0.3, -0.25) is 4.79 Å². The number of aliphatic carboxylic acids is 1. The average Bonchev–Trinajstić information content (AvgIpc) is 2.19. The normalized spacial score (nSPS) is 22.9. The zero-order valence-corrected chi connectivity index (χ0v) is 10.8. The van der Waals surface area contributed by atoms with Crippen molar-refractivity contribution in [2.45, 2.75) is 45.6 Å². The Balaban J connectivity index is 2.52. The predicted molar refractivity (Wildman–Crippen MR) is 64.8 cm³/mol. The van der Waals surface area contributed by atoms with Crippen LogP contribution in [0.3, 0.4) is 0 Å². The first-order valence-electron chi connectivity index (χ1n) is 6.06. The average molecular weight is 242 g/mol. The fourth-order valence-electron chi connectivity index (χ4n) is 2.30. The third-order valence-corrected chi connectivity index (χ3v) is 3.52. The number of hydrogen-bond donors (Lipinski definition) is 2. The van der Waals surface area contributed by atoms with Crippen molar-refractivity contribution in [3.05, 3.63) is 0 Å². The lowest BCUT2D eigenvalue weighted by Crippen LogP contribution is -2.51. The van der Waals surface area contributed by atoms with E-state index in [1.165, 1.54) is 18.4 Å². The summed E-state index contributed by atoms with van der Waals surface area (Å²) in [5, 5.41) is 11.6. The van der Waals surface area contributed by atoms with Gasteiger partial charge in [0.25, 0.3) is 0 Å². The Morgan fingerprint density at radius 2 is 2.06 bits per heavy atom. The second kappa shape index (κ2) is 5.38. The van der Waals surface area contributed by atoms with Gasteiger partial charge in [-0.05, 0) is 18.3 Å². The number of nitrogens with one attached hydrogen (secondary N) is 1. The number of carbonyl (C=O) groups is 2. The van der Waals surface area contributed by atoms with E-state index in [4.69, 9.17) is 5.11 Å². The highest BCUT2D eigenvalue weighted by Gasteiger charge is 2.33. The maximum atomic E-state index is 11.8. The summed E-state index contributed by atoms with van der Waals surface area (Å²) >= 11 is 0. The number of urea groups is 1. The first kappa shape index (κ1) is 13.8. The van der Waals surface area contributed by atoms with Crippen molar-refractivity contribution in [3.8, 4) is 0 Å². The molecule has 1 aliphatic rings. The fourth-order valence-corrected chi connectivity index (χ4v) is 2.30. The van der Waals surface area contributed by atoms with Gasteiger partial charge in [0.15, 0.2) is 0 Å². The number of nitrogens with zero attached hydrogens (tertiary/aromatic N) is 1. The quantitative estimate of drug-likeness (QED) is 0.791. The minimum Gasteiger partial charge on any atom is -0.480 e. The minimum atomic E-state index is -0.995. The van der Waals surface area contributed by atoms with Gasteiger partial charge in [0.05, 0.1) is 0 Å². The van der Waals surface area contributed by atoms with Crippen molar-refractivity contribution in [2.24, 2.45) is 5.41 Å². The van der Waals surface area contributed by atoms with Crippen molar-refractivity contribution in [1.82, 2.24) is 10.2 Å². The van der Waals surface area contributed by atoms with Crippen LogP contribution in [0.1, 0.15) is 39.5 Å². The molecule has 0 radical (unpaired) electrons. The first-order valence-corrected chi connectivity index (χ1v) is 6.06. The Morgan fingerprint density at radius 1 is 1.41 bits per heavy atom. The number of rotatable bonds is 3. The van der Waals surface area contributed by atoms with Crippen molar-refractivity contribution >= 4 is 12.0 Å². The topological polar surface area (TPSA) is 69.6 Å². The van der Waals surface area contributed by atoms with E-state index >= 15 is 0 Å². The van der Waals surface area contributed by atoms with Gasteiger partial charge in [-0.15, -0.1) is 0 Å². The summed E-state index contributed by atoms with van der Waals surface area (Å²) in [7, 11) is 1.50. The third-order valence-electron chi connectivity index (χ3n) is 3.52. The molecule has 1 rings (SSSR count). The molecule has 0 saturated heterocycles. The van der Waals surface area contributed by atoms with Crippen molar-refractivity contribution in [2.75, 3.05) is 13.6 Å². The van der Waals surface area contributed by atoms with E-state index in [2.05, 4.69) is 19.2 Å². The maximum Gasteiger partial charge on any atom is 0.323 e. The van der Waals surface area contributed by atoms with E-state index in [1.807, 2.05) is 0 Å². The summed E-state index contributed by atoms with van der Waals surface area (Å²) in [6.07, 6.45) is 4.39. The molecule has 5 nitrogen and oxygen atoms in total. The van der Waals surface area contributed by atoms with E-state index in [1.54, 1.807) is 0 Å². The first-order chi connectivity index (χ1) is 7.83. The van der Waals surface area contributed by atoms with Crippen LogP contribution in [0.25, 0.3) is 0 Å². The van der Waals surface area contributed by atoms with E-state index < -0.39 is 5.97 Å². The molecule has 0 aromatic rings. The highest BCUT2D eigenvalue weighted by molar-refractivity contribution is 5.80.